The fraction of sp³-hybridized carbons (Fsp3) is 0.900. The third-order valence-electron chi connectivity index (χ3n) is 16.1. The fourth-order valence-corrected chi connectivity index (χ4v) is 11.4. The molecule has 0 heterocycles. The molecular weight excluding hydrogens is 996 g/mol. The van der Waals surface area contributed by atoms with Gasteiger partial charge in [0.2, 0.25) is 5.91 Å². The summed E-state index contributed by atoms with van der Waals surface area (Å²) in [5.41, 5.74) is 0. The Morgan fingerprint density at radius 1 is 0.443 bits per heavy atom. The molecule has 468 valence electrons. The minimum absolute atomic E-state index is 0.00160. The molecule has 0 spiro atoms. The largest absolute Gasteiger partial charge is 0.756 e. The molecule has 0 bridgehead atoms. The molecule has 0 aliphatic carbocycles. The zero-order valence-electron chi connectivity index (χ0n) is 53.6. The Balaban J connectivity index is 3.85. The summed E-state index contributed by atoms with van der Waals surface area (Å²) in [4.78, 5) is 25.6. The number of hydrogen-bond acceptors (Lipinski definition) is 6. The molecule has 0 aliphatic rings. The lowest BCUT2D eigenvalue weighted by Crippen LogP contribution is -2.45. The van der Waals surface area contributed by atoms with Crippen molar-refractivity contribution in [3.63, 3.8) is 0 Å². The molecule has 8 nitrogen and oxygen atoms in total. The standard InChI is InChI=1S/C70H137N2O6P/c1-6-8-10-12-14-16-18-20-22-24-25-26-27-28-29-30-31-32-33-34-35-36-37-38-39-40-41-42-43-44-45-46-47-48-50-52-54-56-58-60-62-64-70(74)71-68(67-78-79(75,76)77-66-65-72(3,4)5)69(73)63-61-59-57-55-53-51-49-23-21-19-17-15-13-11-9-7-2/h18,20,24-25,61,63,68-69,73H,6-17,19,21-23,26-60,62,64-67H2,1-5H3,(H-,71,74,75,76)/b20-18-,25-24-,63-61+. The quantitative estimate of drug-likeness (QED) is 0.0272. The number of carbonyl (C=O) groups is 1. The number of carbonyl (C=O) groups excluding carboxylic acids is 1. The first-order valence-electron chi connectivity index (χ1n) is 34.9. The van der Waals surface area contributed by atoms with Crippen LogP contribution in [0.5, 0.6) is 0 Å². The Morgan fingerprint density at radius 3 is 1.05 bits per heavy atom. The van der Waals surface area contributed by atoms with E-state index in [1.54, 1.807) is 6.08 Å². The number of aliphatic hydroxyl groups is 1. The molecule has 0 aliphatic heterocycles. The van der Waals surface area contributed by atoms with Crippen molar-refractivity contribution >= 4 is 13.7 Å². The van der Waals surface area contributed by atoms with Gasteiger partial charge in [0.25, 0.3) is 7.82 Å². The van der Waals surface area contributed by atoms with Crippen LogP contribution in [0.1, 0.15) is 354 Å². The topological polar surface area (TPSA) is 108 Å². The van der Waals surface area contributed by atoms with Crippen molar-refractivity contribution in [1.29, 1.82) is 0 Å². The van der Waals surface area contributed by atoms with Gasteiger partial charge in [-0.1, -0.05) is 333 Å². The molecule has 9 heteroatoms. The molecule has 3 atom stereocenters. The molecule has 1 amide bonds. The monoisotopic (exact) mass is 1130 g/mol. The minimum Gasteiger partial charge on any atom is -0.756 e. The lowest BCUT2D eigenvalue weighted by Gasteiger charge is -2.29. The molecule has 0 saturated carbocycles. The van der Waals surface area contributed by atoms with Crippen molar-refractivity contribution in [2.75, 3.05) is 40.9 Å². The SMILES string of the molecule is CCCCCCC/C=C\C/C=C\CCCCCCCCCCCCCCCCCCCCCCCCCCCCCCCC(=O)NC(COP(=O)([O-])OCC[N+](C)(C)C)C(O)/C=C/CCCCCCCCCCCCCCCC. The van der Waals surface area contributed by atoms with E-state index in [9.17, 15) is 19.4 Å². The fourth-order valence-electron chi connectivity index (χ4n) is 10.7. The number of likely N-dealkylation sites (N-methyl/N-ethyl adjacent to an activating group) is 1. The number of nitrogens with one attached hydrogen (secondary N) is 1. The molecule has 0 saturated heterocycles. The minimum atomic E-state index is -4.60. The van der Waals surface area contributed by atoms with Gasteiger partial charge in [-0.2, -0.15) is 0 Å². The first-order chi connectivity index (χ1) is 38.5. The zero-order chi connectivity index (χ0) is 57.7. The van der Waals surface area contributed by atoms with Gasteiger partial charge >= 0.3 is 0 Å². The maximum atomic E-state index is 13.0. The van der Waals surface area contributed by atoms with E-state index in [4.69, 9.17) is 9.05 Å². The van der Waals surface area contributed by atoms with E-state index in [0.717, 1.165) is 44.9 Å². The molecule has 0 aromatic heterocycles. The highest BCUT2D eigenvalue weighted by Crippen LogP contribution is 2.38. The lowest BCUT2D eigenvalue weighted by molar-refractivity contribution is -0.870. The smallest absolute Gasteiger partial charge is 0.268 e. The van der Waals surface area contributed by atoms with Crippen molar-refractivity contribution in [2.24, 2.45) is 0 Å². The lowest BCUT2D eigenvalue weighted by atomic mass is 10.0. The Bertz CT molecular complexity index is 1380. The first kappa shape index (κ1) is 77.7. The van der Waals surface area contributed by atoms with E-state index in [1.807, 2.05) is 27.2 Å². The third-order valence-corrected chi connectivity index (χ3v) is 17.1. The van der Waals surface area contributed by atoms with E-state index in [2.05, 4.69) is 43.5 Å². The number of allylic oxidation sites excluding steroid dienone is 5. The normalized spacial score (nSPS) is 13.9. The highest BCUT2D eigenvalue weighted by Gasteiger charge is 2.23. The second-order valence-electron chi connectivity index (χ2n) is 25.2. The van der Waals surface area contributed by atoms with Gasteiger partial charge in [-0.15, -0.1) is 0 Å². The molecule has 3 unspecified atom stereocenters. The van der Waals surface area contributed by atoms with Crippen LogP contribution in [-0.2, 0) is 18.4 Å². The van der Waals surface area contributed by atoms with Crippen molar-refractivity contribution in [3.8, 4) is 0 Å². The third kappa shape index (κ3) is 64.1. The second kappa shape index (κ2) is 61.3. The van der Waals surface area contributed by atoms with Gasteiger partial charge in [-0.05, 0) is 51.4 Å². The number of unbranched alkanes of at least 4 members (excludes halogenated alkanes) is 48. The van der Waals surface area contributed by atoms with E-state index in [0.29, 0.717) is 17.4 Å². The van der Waals surface area contributed by atoms with E-state index >= 15 is 0 Å². The summed E-state index contributed by atoms with van der Waals surface area (Å²) in [6.07, 6.45) is 81.4. The van der Waals surface area contributed by atoms with E-state index in [1.165, 1.54) is 289 Å². The molecule has 2 N–H and O–H groups in total. The van der Waals surface area contributed by atoms with Gasteiger partial charge in [0.05, 0.1) is 39.9 Å². The van der Waals surface area contributed by atoms with Crippen LogP contribution in [0, 0.1) is 0 Å². The summed E-state index contributed by atoms with van der Waals surface area (Å²) in [6, 6.07) is -0.884. The molecule has 0 aromatic carbocycles. The van der Waals surface area contributed by atoms with Crippen LogP contribution in [0.15, 0.2) is 36.5 Å². The predicted molar refractivity (Wildman–Crippen MR) is 344 cm³/mol. The number of hydrogen-bond donors (Lipinski definition) is 2. The number of phosphoric ester groups is 1. The Labute approximate surface area is 493 Å². The highest BCUT2D eigenvalue weighted by molar-refractivity contribution is 7.45. The average molecular weight is 1130 g/mol. The van der Waals surface area contributed by atoms with Gasteiger partial charge in [0.1, 0.15) is 13.2 Å². The summed E-state index contributed by atoms with van der Waals surface area (Å²) in [7, 11) is 1.28. The van der Waals surface area contributed by atoms with Crippen LogP contribution >= 0.6 is 7.82 Å². The summed E-state index contributed by atoms with van der Waals surface area (Å²) >= 11 is 0. The molecule has 0 fully saturated rings. The predicted octanol–water partition coefficient (Wildman–Crippen LogP) is 21.4. The molecular formula is C70H137N2O6P. The van der Waals surface area contributed by atoms with Gasteiger partial charge < -0.3 is 28.8 Å². The number of amides is 1. The van der Waals surface area contributed by atoms with Crippen molar-refractivity contribution in [3.05, 3.63) is 36.5 Å². The Kier molecular flexibility index (Phi) is 60.3. The Morgan fingerprint density at radius 2 is 0.734 bits per heavy atom. The van der Waals surface area contributed by atoms with Gasteiger partial charge in [-0.3, -0.25) is 9.36 Å². The summed E-state index contributed by atoms with van der Waals surface area (Å²) < 4.78 is 23.4. The van der Waals surface area contributed by atoms with Crippen molar-refractivity contribution in [2.45, 2.75) is 366 Å². The number of aliphatic hydroxyl groups excluding tert-OH is 1. The summed E-state index contributed by atoms with van der Waals surface area (Å²) in [6.45, 7) is 4.68. The van der Waals surface area contributed by atoms with E-state index < -0.39 is 20.0 Å². The zero-order valence-corrected chi connectivity index (χ0v) is 54.5. The summed E-state index contributed by atoms with van der Waals surface area (Å²) in [5, 5.41) is 13.9. The average Bonchev–Trinajstić information content (AvgIpc) is 3.42. The molecule has 0 radical (unpaired) electrons. The number of phosphoric acid groups is 1. The van der Waals surface area contributed by atoms with Crippen LogP contribution < -0.4 is 10.2 Å². The number of nitrogens with zero attached hydrogens (tertiary/aromatic N) is 1. The van der Waals surface area contributed by atoms with Gasteiger partial charge in [0, 0.05) is 6.42 Å². The molecule has 0 rings (SSSR count). The highest BCUT2D eigenvalue weighted by atomic mass is 31.2. The maximum absolute atomic E-state index is 13.0. The number of quaternary nitrogens is 1. The Hall–Kier alpha value is -1.28. The first-order valence-corrected chi connectivity index (χ1v) is 36.3. The molecule has 0 aromatic rings. The molecule has 79 heavy (non-hydrogen) atoms. The van der Waals surface area contributed by atoms with Crippen LogP contribution in [0.2, 0.25) is 0 Å². The van der Waals surface area contributed by atoms with Crippen LogP contribution in [0.4, 0.5) is 0 Å². The van der Waals surface area contributed by atoms with Gasteiger partial charge in [0.15, 0.2) is 0 Å². The van der Waals surface area contributed by atoms with E-state index in [-0.39, 0.29) is 19.1 Å². The summed E-state index contributed by atoms with van der Waals surface area (Å²) in [5.74, 6) is -0.190. The second-order valence-corrected chi connectivity index (χ2v) is 26.7. The van der Waals surface area contributed by atoms with Crippen molar-refractivity contribution in [1.82, 2.24) is 5.32 Å². The van der Waals surface area contributed by atoms with Gasteiger partial charge in [-0.25, -0.2) is 0 Å². The van der Waals surface area contributed by atoms with Crippen LogP contribution in [0.3, 0.4) is 0 Å². The van der Waals surface area contributed by atoms with Crippen molar-refractivity contribution < 1.29 is 32.9 Å². The number of rotatable bonds is 65. The van der Waals surface area contributed by atoms with Crippen LogP contribution in [0.25, 0.3) is 0 Å². The van der Waals surface area contributed by atoms with Crippen LogP contribution in [-0.4, -0.2) is 68.5 Å². The maximum Gasteiger partial charge on any atom is 0.268 e.